The van der Waals surface area contributed by atoms with Crippen LogP contribution in [0.25, 0.3) is 22.5 Å². The highest BCUT2D eigenvalue weighted by atomic mass is 32.1. The van der Waals surface area contributed by atoms with Gasteiger partial charge < -0.3 is 15.5 Å². The van der Waals surface area contributed by atoms with E-state index in [1.54, 1.807) is 24.3 Å². The first-order valence-corrected chi connectivity index (χ1v) is 8.34. The van der Waals surface area contributed by atoms with Gasteiger partial charge in [-0.05, 0) is 35.4 Å². The van der Waals surface area contributed by atoms with Crippen LogP contribution in [0.3, 0.4) is 0 Å². The summed E-state index contributed by atoms with van der Waals surface area (Å²) in [6.45, 7) is 0.486. The number of thiophene rings is 1. The molecule has 0 saturated heterocycles. The van der Waals surface area contributed by atoms with E-state index in [4.69, 9.17) is 0 Å². The Morgan fingerprint density at radius 3 is 2.29 bits per heavy atom. The van der Waals surface area contributed by atoms with Gasteiger partial charge in [-0.15, -0.1) is 11.3 Å². The predicted octanol–water partition coefficient (Wildman–Crippen LogP) is 5.11. The first kappa shape index (κ1) is 14.8. The second kappa shape index (κ2) is 5.69. The van der Waals surface area contributed by atoms with Gasteiger partial charge in [-0.2, -0.15) is 0 Å². The molecule has 1 aliphatic heterocycles. The van der Waals surface area contributed by atoms with Gasteiger partial charge in [-0.3, -0.25) is 0 Å². The summed E-state index contributed by atoms with van der Waals surface area (Å²) in [5.41, 5.74) is 4.09. The average Bonchev–Trinajstić information content (AvgIpc) is 3.02. The Bertz CT molecular complexity index is 927. The van der Waals surface area contributed by atoms with E-state index < -0.39 is 0 Å². The van der Waals surface area contributed by atoms with Crippen molar-refractivity contribution in [1.82, 2.24) is 0 Å². The highest BCUT2D eigenvalue weighted by Crippen LogP contribution is 2.44. The molecule has 2 heterocycles. The molecule has 0 atom stereocenters. The van der Waals surface area contributed by atoms with Crippen molar-refractivity contribution in [3.8, 4) is 16.9 Å². The number of phenols is 1. The summed E-state index contributed by atoms with van der Waals surface area (Å²) >= 11 is 1.53. The molecule has 0 aliphatic carbocycles. The average molecular weight is 339 g/mol. The van der Waals surface area contributed by atoms with Crippen molar-refractivity contribution in [3.05, 3.63) is 70.9 Å². The van der Waals surface area contributed by atoms with Gasteiger partial charge in [0.05, 0.1) is 5.56 Å². The quantitative estimate of drug-likeness (QED) is 0.608. The van der Waals surface area contributed by atoms with Gasteiger partial charge in [-0.25, -0.2) is 4.39 Å². The number of aliphatic hydroxyl groups is 1. The van der Waals surface area contributed by atoms with Crippen molar-refractivity contribution in [3.63, 3.8) is 0 Å². The third kappa shape index (κ3) is 2.43. The van der Waals surface area contributed by atoms with Crippen molar-refractivity contribution in [2.24, 2.45) is 0 Å². The van der Waals surface area contributed by atoms with Crippen LogP contribution in [0, 0.1) is 5.82 Å². The minimum absolute atomic E-state index is 0.202. The summed E-state index contributed by atoms with van der Waals surface area (Å²) in [5.74, 6) is 0.107. The summed E-state index contributed by atoms with van der Waals surface area (Å²) in [5, 5.41) is 26.5. The number of phenolic OH excluding ortho intramolecular Hbond substituents is 1. The second-order valence-corrected chi connectivity index (χ2v) is 6.47. The number of hydrogen-bond acceptors (Lipinski definition) is 4. The maximum absolute atomic E-state index is 13.1. The molecule has 0 unspecified atom stereocenters. The lowest BCUT2D eigenvalue weighted by atomic mass is 9.95. The lowest BCUT2D eigenvalue weighted by Gasteiger charge is -2.20. The fourth-order valence-corrected chi connectivity index (χ4v) is 3.84. The van der Waals surface area contributed by atoms with E-state index in [0.717, 1.165) is 32.8 Å². The van der Waals surface area contributed by atoms with Crippen molar-refractivity contribution in [2.75, 3.05) is 11.9 Å². The highest BCUT2D eigenvalue weighted by Gasteiger charge is 2.24. The number of fused-ring (bicyclic) bond motifs is 1. The molecule has 0 saturated carbocycles. The molecule has 0 fully saturated rings. The Kier molecular flexibility index (Phi) is 3.50. The summed E-state index contributed by atoms with van der Waals surface area (Å²) in [6.07, 6.45) is 0. The predicted molar refractivity (Wildman–Crippen MR) is 95.8 cm³/mol. The molecular weight excluding hydrogens is 325 g/mol. The van der Waals surface area contributed by atoms with Crippen LogP contribution >= 0.6 is 11.3 Å². The number of rotatable bonds is 2. The van der Waals surface area contributed by atoms with E-state index in [9.17, 15) is 14.6 Å². The Labute approximate surface area is 142 Å². The number of aliphatic hydroxyl groups excluding tert-OH is 1. The van der Waals surface area contributed by atoms with E-state index in [-0.39, 0.29) is 17.3 Å². The van der Waals surface area contributed by atoms with Gasteiger partial charge in [0, 0.05) is 23.1 Å². The molecule has 120 valence electrons. The molecule has 0 bridgehead atoms. The molecule has 24 heavy (non-hydrogen) atoms. The van der Waals surface area contributed by atoms with Gasteiger partial charge in [0.25, 0.3) is 0 Å². The van der Waals surface area contributed by atoms with E-state index in [1.807, 2.05) is 17.5 Å². The number of anilines is 1. The largest absolute Gasteiger partial charge is 0.508 e. The van der Waals surface area contributed by atoms with Crippen LogP contribution in [-0.4, -0.2) is 16.8 Å². The summed E-state index contributed by atoms with van der Waals surface area (Å²) < 4.78 is 13.1. The molecule has 1 aliphatic rings. The number of aromatic hydroxyl groups is 1. The van der Waals surface area contributed by atoms with Gasteiger partial charge >= 0.3 is 0 Å². The third-order valence-corrected chi connectivity index (χ3v) is 5.05. The number of halogens is 1. The Morgan fingerprint density at radius 2 is 1.58 bits per heavy atom. The first-order valence-electron chi connectivity index (χ1n) is 7.46. The first-order chi connectivity index (χ1) is 11.6. The zero-order chi connectivity index (χ0) is 16.7. The molecule has 0 radical (unpaired) electrons. The lowest BCUT2D eigenvalue weighted by Crippen LogP contribution is -2.12. The molecule has 3 N–H and O–H groups in total. The van der Waals surface area contributed by atoms with Crippen LogP contribution in [0.5, 0.6) is 5.75 Å². The normalized spacial score (nSPS) is 13.5. The smallest absolute Gasteiger partial charge is 0.131 e. The van der Waals surface area contributed by atoms with Crippen LogP contribution in [0.4, 0.5) is 9.39 Å². The molecule has 3 aromatic rings. The summed E-state index contributed by atoms with van der Waals surface area (Å²) in [6, 6.07) is 13.0. The summed E-state index contributed by atoms with van der Waals surface area (Å²) in [4.78, 5) is 0. The van der Waals surface area contributed by atoms with Crippen molar-refractivity contribution < 1.29 is 14.6 Å². The molecule has 2 aromatic carbocycles. The minimum atomic E-state index is -0.302. The van der Waals surface area contributed by atoms with Crippen molar-refractivity contribution >= 4 is 27.7 Å². The molecular formula is C19H14FNO2S. The maximum Gasteiger partial charge on any atom is 0.131 e. The number of nitrogens with one attached hydrogen (secondary N) is 1. The van der Waals surface area contributed by atoms with Crippen molar-refractivity contribution in [2.45, 2.75) is 0 Å². The van der Waals surface area contributed by atoms with Gasteiger partial charge in [0.15, 0.2) is 0 Å². The van der Waals surface area contributed by atoms with E-state index in [1.165, 1.54) is 23.5 Å². The zero-order valence-electron chi connectivity index (χ0n) is 12.6. The molecule has 3 nitrogen and oxygen atoms in total. The monoisotopic (exact) mass is 339 g/mol. The Morgan fingerprint density at radius 1 is 0.917 bits per heavy atom. The molecule has 1 aromatic heterocycles. The SMILES string of the molecule is OC1=C(c2ccc(F)cc2)CNc2scc(-c3ccc(O)cc3)c21. The highest BCUT2D eigenvalue weighted by molar-refractivity contribution is 7.15. The Balaban J connectivity index is 1.84. The topological polar surface area (TPSA) is 52.5 Å². The fraction of sp³-hybridized carbons (Fsp3) is 0.0526. The van der Waals surface area contributed by atoms with Gasteiger partial charge in [0.2, 0.25) is 0 Å². The van der Waals surface area contributed by atoms with Gasteiger partial charge in [-0.1, -0.05) is 24.3 Å². The van der Waals surface area contributed by atoms with Crippen LogP contribution in [0.2, 0.25) is 0 Å². The molecule has 0 amide bonds. The standard InChI is InChI=1S/C19H14FNO2S/c20-13-5-1-11(2-6-13)15-9-21-19-17(18(15)23)16(10-24-19)12-3-7-14(22)8-4-12/h1-8,10,21-23H,9H2. The van der Waals surface area contributed by atoms with Crippen LogP contribution in [-0.2, 0) is 0 Å². The molecule has 4 rings (SSSR count). The van der Waals surface area contributed by atoms with Crippen LogP contribution < -0.4 is 5.32 Å². The molecule has 0 spiro atoms. The van der Waals surface area contributed by atoms with E-state index in [2.05, 4.69) is 5.32 Å². The van der Waals surface area contributed by atoms with E-state index in [0.29, 0.717) is 6.54 Å². The number of hydrogen-bond donors (Lipinski definition) is 3. The van der Waals surface area contributed by atoms with Gasteiger partial charge in [0.1, 0.15) is 22.3 Å². The number of benzene rings is 2. The van der Waals surface area contributed by atoms with Crippen LogP contribution in [0.1, 0.15) is 11.1 Å². The second-order valence-electron chi connectivity index (χ2n) is 5.59. The van der Waals surface area contributed by atoms with Crippen molar-refractivity contribution in [1.29, 1.82) is 0 Å². The lowest BCUT2D eigenvalue weighted by molar-refractivity contribution is 0.475. The summed E-state index contributed by atoms with van der Waals surface area (Å²) in [7, 11) is 0. The maximum atomic E-state index is 13.1. The molecule has 5 heteroatoms. The third-order valence-electron chi connectivity index (χ3n) is 4.11. The zero-order valence-corrected chi connectivity index (χ0v) is 13.4. The fourth-order valence-electron chi connectivity index (χ4n) is 2.87. The van der Waals surface area contributed by atoms with E-state index >= 15 is 0 Å². The minimum Gasteiger partial charge on any atom is -0.508 e. The Hall–Kier alpha value is -2.79. The van der Waals surface area contributed by atoms with Crippen LogP contribution in [0.15, 0.2) is 53.9 Å².